The van der Waals surface area contributed by atoms with Gasteiger partial charge in [-0.25, -0.2) is 28.5 Å². The zero-order valence-electron chi connectivity index (χ0n) is 25.8. The summed E-state index contributed by atoms with van der Waals surface area (Å²) in [7, 11) is 0. The Kier molecular flexibility index (Phi) is 9.62. The average Bonchev–Trinajstić information content (AvgIpc) is 3.00. The van der Waals surface area contributed by atoms with Gasteiger partial charge in [0.1, 0.15) is 17.5 Å². The molecule has 10 nitrogen and oxygen atoms in total. The Balaban J connectivity index is 1.37. The van der Waals surface area contributed by atoms with Gasteiger partial charge in [0.05, 0.1) is 11.3 Å². The molecule has 1 aliphatic heterocycles. The van der Waals surface area contributed by atoms with Crippen LogP contribution in [0.15, 0.2) is 60.9 Å². The fraction of sp³-hybridized carbons (Fsp3) is 0.394. The Bertz CT molecular complexity index is 1650. The van der Waals surface area contributed by atoms with Gasteiger partial charge in [0.2, 0.25) is 11.8 Å². The van der Waals surface area contributed by atoms with Gasteiger partial charge < -0.3 is 30.1 Å². The molecular formula is C33H38F2N6O4. The van der Waals surface area contributed by atoms with E-state index in [1.165, 1.54) is 0 Å². The van der Waals surface area contributed by atoms with Gasteiger partial charge in [0, 0.05) is 54.5 Å². The summed E-state index contributed by atoms with van der Waals surface area (Å²) in [5.74, 6) is 1.31. The molecular weight excluding hydrogens is 582 g/mol. The van der Waals surface area contributed by atoms with Crippen LogP contribution in [0.4, 0.5) is 25.2 Å². The minimum atomic E-state index is -2.84. The molecule has 0 bridgehead atoms. The van der Waals surface area contributed by atoms with E-state index in [2.05, 4.69) is 20.6 Å². The summed E-state index contributed by atoms with van der Waals surface area (Å²) >= 11 is 0. The van der Waals surface area contributed by atoms with Crippen molar-refractivity contribution in [3.8, 4) is 22.9 Å². The number of nitrogens with one attached hydrogen (secondary N) is 2. The van der Waals surface area contributed by atoms with Gasteiger partial charge in [-0.1, -0.05) is 24.3 Å². The highest BCUT2D eigenvalue weighted by molar-refractivity contribution is 5.98. The number of likely N-dealkylation sites (tertiary alicyclic amines) is 1. The van der Waals surface area contributed by atoms with E-state index in [1.807, 2.05) is 52.0 Å². The first-order chi connectivity index (χ1) is 21.5. The maximum Gasteiger partial charge on any atom is 0.410 e. The molecule has 5 rings (SSSR count). The van der Waals surface area contributed by atoms with Crippen molar-refractivity contribution in [1.29, 1.82) is 0 Å². The highest BCUT2D eigenvalue weighted by atomic mass is 19.3. The number of aryl methyl sites for hydroxylation is 1. The molecule has 12 heteroatoms. The number of piperidine rings is 1. The van der Waals surface area contributed by atoms with Crippen LogP contribution in [0.1, 0.15) is 39.2 Å². The number of anilines is 2. The van der Waals surface area contributed by atoms with E-state index in [4.69, 9.17) is 14.5 Å². The summed E-state index contributed by atoms with van der Waals surface area (Å²) in [6.45, 7) is 8.27. The number of carbonyl (C=O) groups is 1. The summed E-state index contributed by atoms with van der Waals surface area (Å²) in [4.78, 5) is 28.0. The van der Waals surface area contributed by atoms with Crippen molar-refractivity contribution in [2.24, 2.45) is 0 Å². The number of fused-ring (bicyclic) bond motifs is 1. The SMILES string of the molecule is Cc1ccc2c(NCC(O)C(F)F)cccc2c1Oc1ncccc1-c1ccnc(N[C@H]2CCCN(C(=O)OC(C)(C)C)C2)n1. The largest absolute Gasteiger partial charge is 0.444 e. The first-order valence-corrected chi connectivity index (χ1v) is 14.9. The predicted octanol–water partition coefficient (Wildman–Crippen LogP) is 6.64. The number of carbonyl (C=O) groups excluding carboxylic acids is 1. The molecule has 0 saturated carbocycles. The van der Waals surface area contributed by atoms with Crippen LogP contribution in [0.2, 0.25) is 0 Å². The van der Waals surface area contributed by atoms with Crippen LogP contribution in [0, 0.1) is 6.92 Å². The molecule has 2 aromatic carbocycles. The van der Waals surface area contributed by atoms with Crippen molar-refractivity contribution in [3.05, 3.63) is 66.5 Å². The van der Waals surface area contributed by atoms with E-state index in [1.54, 1.807) is 41.6 Å². The summed E-state index contributed by atoms with van der Waals surface area (Å²) in [6.07, 6.45) is 0.00224. The number of hydrogen-bond acceptors (Lipinski definition) is 9. The van der Waals surface area contributed by atoms with Crippen LogP contribution < -0.4 is 15.4 Å². The van der Waals surface area contributed by atoms with E-state index in [0.29, 0.717) is 47.6 Å². The van der Waals surface area contributed by atoms with E-state index in [0.717, 1.165) is 29.2 Å². The van der Waals surface area contributed by atoms with Gasteiger partial charge in [-0.2, -0.15) is 0 Å². The highest BCUT2D eigenvalue weighted by Crippen LogP contribution is 2.38. The molecule has 4 aromatic rings. The molecule has 1 amide bonds. The number of alkyl halides is 2. The van der Waals surface area contributed by atoms with Crippen molar-refractivity contribution in [2.45, 2.75) is 64.7 Å². The molecule has 2 aromatic heterocycles. The molecule has 45 heavy (non-hydrogen) atoms. The van der Waals surface area contributed by atoms with Gasteiger partial charge in [-0.05, 0) is 70.4 Å². The minimum Gasteiger partial charge on any atom is -0.444 e. The summed E-state index contributed by atoms with van der Waals surface area (Å²) in [6, 6.07) is 14.6. The molecule has 238 valence electrons. The van der Waals surface area contributed by atoms with E-state index >= 15 is 0 Å². The third-order valence-electron chi connectivity index (χ3n) is 7.31. The van der Waals surface area contributed by atoms with Gasteiger partial charge in [-0.15, -0.1) is 0 Å². The lowest BCUT2D eigenvalue weighted by Gasteiger charge is -2.34. The van der Waals surface area contributed by atoms with E-state index in [9.17, 15) is 18.7 Å². The molecule has 3 heterocycles. The molecule has 0 spiro atoms. The molecule has 1 unspecified atom stereocenters. The maximum absolute atomic E-state index is 12.9. The van der Waals surface area contributed by atoms with Crippen LogP contribution in [0.3, 0.4) is 0 Å². The van der Waals surface area contributed by atoms with Crippen molar-refractivity contribution < 1.29 is 28.2 Å². The third kappa shape index (κ3) is 7.93. The highest BCUT2D eigenvalue weighted by Gasteiger charge is 2.28. The molecule has 1 aliphatic rings. The van der Waals surface area contributed by atoms with Crippen LogP contribution >= 0.6 is 0 Å². The van der Waals surface area contributed by atoms with Crippen molar-refractivity contribution >= 4 is 28.5 Å². The second-order valence-electron chi connectivity index (χ2n) is 12.0. The Morgan fingerprint density at radius 1 is 1.09 bits per heavy atom. The van der Waals surface area contributed by atoms with Gasteiger partial charge in [0.25, 0.3) is 6.43 Å². The molecule has 3 N–H and O–H groups in total. The number of amides is 1. The second-order valence-corrected chi connectivity index (χ2v) is 12.0. The van der Waals surface area contributed by atoms with E-state index < -0.39 is 18.1 Å². The van der Waals surface area contributed by atoms with Gasteiger partial charge in [0.15, 0.2) is 0 Å². The van der Waals surface area contributed by atoms with Crippen LogP contribution in [0.5, 0.6) is 11.6 Å². The normalized spacial score (nSPS) is 16.0. The van der Waals surface area contributed by atoms with Crippen LogP contribution in [0.25, 0.3) is 22.0 Å². The number of aliphatic hydroxyl groups excluding tert-OH is 1. The van der Waals surface area contributed by atoms with E-state index in [-0.39, 0.29) is 18.7 Å². The number of aromatic nitrogens is 3. The number of hydrogen-bond donors (Lipinski definition) is 3. The lowest BCUT2D eigenvalue weighted by molar-refractivity contribution is 0.00386. The molecule has 1 saturated heterocycles. The molecule has 0 radical (unpaired) electrons. The number of aliphatic hydroxyl groups is 1. The molecule has 1 fully saturated rings. The first kappa shape index (κ1) is 31.8. The first-order valence-electron chi connectivity index (χ1n) is 14.9. The van der Waals surface area contributed by atoms with Gasteiger partial charge >= 0.3 is 6.09 Å². The Morgan fingerprint density at radius 3 is 2.69 bits per heavy atom. The number of pyridine rings is 1. The smallest absolute Gasteiger partial charge is 0.410 e. The Morgan fingerprint density at radius 2 is 1.91 bits per heavy atom. The van der Waals surface area contributed by atoms with Crippen molar-refractivity contribution in [3.63, 3.8) is 0 Å². The monoisotopic (exact) mass is 620 g/mol. The van der Waals surface area contributed by atoms with Crippen molar-refractivity contribution in [1.82, 2.24) is 19.9 Å². The zero-order chi connectivity index (χ0) is 32.1. The summed E-state index contributed by atoms with van der Waals surface area (Å²) < 4.78 is 37.7. The van der Waals surface area contributed by atoms with Crippen LogP contribution in [-0.4, -0.2) is 74.9 Å². The third-order valence-corrected chi connectivity index (χ3v) is 7.31. The fourth-order valence-corrected chi connectivity index (χ4v) is 5.14. The summed E-state index contributed by atoms with van der Waals surface area (Å²) in [5, 5.41) is 17.4. The quantitative estimate of drug-likeness (QED) is 0.189. The molecule has 0 aliphatic carbocycles. The summed E-state index contributed by atoms with van der Waals surface area (Å²) in [5.41, 5.74) is 2.12. The number of nitrogens with zero attached hydrogens (tertiary/aromatic N) is 4. The Hall–Kier alpha value is -4.58. The Labute approximate surface area is 260 Å². The lowest BCUT2D eigenvalue weighted by Crippen LogP contribution is -2.47. The van der Waals surface area contributed by atoms with Crippen molar-refractivity contribution in [2.75, 3.05) is 30.3 Å². The van der Waals surface area contributed by atoms with Gasteiger partial charge in [-0.3, -0.25) is 0 Å². The number of benzene rings is 2. The number of ether oxygens (including phenoxy) is 2. The number of rotatable bonds is 9. The zero-order valence-corrected chi connectivity index (χ0v) is 25.8. The standard InChI is InChI=1S/C33H38F2N6O4/c1-20-12-13-22-23(9-5-11-25(22)38-18-27(42)29(34)35)28(20)44-30-24(10-6-15-36-30)26-14-16-37-31(40-26)39-21-8-7-17-41(19-21)32(43)45-33(2,3)4/h5-6,9-16,21,27,29,38,42H,7-8,17-19H2,1-4H3,(H,37,39,40)/t21-,27?/m0/s1. The predicted molar refractivity (Wildman–Crippen MR) is 169 cm³/mol. The topological polar surface area (TPSA) is 122 Å². The molecule has 2 atom stereocenters. The minimum absolute atomic E-state index is 0.0471. The van der Waals surface area contributed by atoms with Crippen LogP contribution in [-0.2, 0) is 4.74 Å². The average molecular weight is 621 g/mol. The lowest BCUT2D eigenvalue weighted by atomic mass is 10.0. The fourth-order valence-electron chi connectivity index (χ4n) is 5.14. The second kappa shape index (κ2) is 13.6. The maximum atomic E-state index is 12.9. The number of halogens is 2.